The lowest BCUT2D eigenvalue weighted by Crippen LogP contribution is -2.03. The number of rotatable bonds is 4. The second kappa shape index (κ2) is 5.74. The summed E-state index contributed by atoms with van der Waals surface area (Å²) in [5, 5.41) is 1.50. The average molecular weight is 299 g/mol. The van der Waals surface area contributed by atoms with Gasteiger partial charge in [0.05, 0.1) is 5.56 Å². The minimum Gasteiger partial charge on any atom is -0.460 e. The van der Waals surface area contributed by atoms with E-state index in [2.05, 4.69) is 6.92 Å². The van der Waals surface area contributed by atoms with E-state index >= 15 is 0 Å². The number of hydrogen-bond donors (Lipinski definition) is 0. The first-order valence-electron chi connectivity index (χ1n) is 7.01. The Hall–Kier alpha value is -2.06. The molecular weight excluding hydrogens is 284 g/mol. The number of fused-ring (bicyclic) bond motifs is 1. The van der Waals surface area contributed by atoms with Crippen molar-refractivity contribution in [3.05, 3.63) is 70.4 Å². The molecule has 0 atom stereocenters. The van der Waals surface area contributed by atoms with Crippen LogP contribution in [0.25, 0.3) is 11.0 Å². The van der Waals surface area contributed by atoms with Gasteiger partial charge in [0.1, 0.15) is 11.3 Å². The summed E-state index contributed by atoms with van der Waals surface area (Å²) in [6.45, 7) is 2.07. The predicted octanol–water partition coefficient (Wildman–Crippen LogP) is 5.27. The van der Waals surface area contributed by atoms with Gasteiger partial charge in [0, 0.05) is 22.4 Å². The largest absolute Gasteiger partial charge is 0.460 e. The van der Waals surface area contributed by atoms with Gasteiger partial charge in [-0.3, -0.25) is 4.79 Å². The van der Waals surface area contributed by atoms with Crippen molar-refractivity contribution in [2.45, 2.75) is 19.8 Å². The van der Waals surface area contributed by atoms with Crippen LogP contribution in [0, 0.1) is 0 Å². The van der Waals surface area contributed by atoms with Crippen molar-refractivity contribution in [2.75, 3.05) is 0 Å². The zero-order valence-electron chi connectivity index (χ0n) is 11.7. The van der Waals surface area contributed by atoms with Crippen LogP contribution in [0.5, 0.6) is 0 Å². The maximum absolute atomic E-state index is 12.8. The third kappa shape index (κ3) is 2.59. The molecule has 0 aliphatic rings. The molecule has 0 radical (unpaired) electrons. The van der Waals surface area contributed by atoms with Gasteiger partial charge in [0.25, 0.3) is 0 Å². The number of aryl methyl sites for hydroxylation is 1. The van der Waals surface area contributed by atoms with Crippen LogP contribution in [0.15, 0.2) is 52.9 Å². The van der Waals surface area contributed by atoms with Crippen LogP contribution in [-0.2, 0) is 6.42 Å². The van der Waals surface area contributed by atoms with E-state index in [4.69, 9.17) is 16.0 Å². The van der Waals surface area contributed by atoms with Crippen LogP contribution in [0.1, 0.15) is 35.0 Å². The summed E-state index contributed by atoms with van der Waals surface area (Å²) in [6.07, 6.45) is 1.68. The van der Waals surface area contributed by atoms with Gasteiger partial charge in [0.2, 0.25) is 0 Å². The van der Waals surface area contributed by atoms with Crippen molar-refractivity contribution in [2.24, 2.45) is 0 Å². The highest BCUT2D eigenvalue weighted by Gasteiger charge is 2.21. The van der Waals surface area contributed by atoms with Gasteiger partial charge < -0.3 is 4.42 Å². The van der Waals surface area contributed by atoms with E-state index < -0.39 is 0 Å². The monoisotopic (exact) mass is 298 g/mol. The van der Waals surface area contributed by atoms with E-state index in [1.54, 1.807) is 24.3 Å². The molecule has 1 aromatic heterocycles. The Kier molecular flexibility index (Phi) is 3.80. The fraction of sp³-hybridized carbons (Fsp3) is 0.167. The fourth-order valence-electron chi connectivity index (χ4n) is 2.49. The number of hydrogen-bond acceptors (Lipinski definition) is 2. The number of halogens is 1. The topological polar surface area (TPSA) is 30.2 Å². The molecule has 0 spiro atoms. The molecule has 3 heteroatoms. The predicted molar refractivity (Wildman–Crippen MR) is 85.1 cm³/mol. The van der Waals surface area contributed by atoms with Crippen LogP contribution < -0.4 is 0 Å². The van der Waals surface area contributed by atoms with Crippen LogP contribution >= 0.6 is 11.6 Å². The lowest BCUT2D eigenvalue weighted by Gasteiger charge is -2.02. The summed E-state index contributed by atoms with van der Waals surface area (Å²) < 4.78 is 5.86. The number of carbonyl (C=O) groups is 1. The quantitative estimate of drug-likeness (QED) is 0.614. The Balaban J connectivity index is 2.15. The number of carbonyl (C=O) groups excluding carboxylic acids is 1. The Morgan fingerprint density at radius 2 is 1.81 bits per heavy atom. The van der Waals surface area contributed by atoms with Crippen LogP contribution in [0.3, 0.4) is 0 Å². The highest BCUT2D eigenvalue weighted by atomic mass is 35.5. The van der Waals surface area contributed by atoms with Crippen molar-refractivity contribution < 1.29 is 9.21 Å². The van der Waals surface area contributed by atoms with Gasteiger partial charge in [-0.15, -0.1) is 0 Å². The molecule has 0 fully saturated rings. The Morgan fingerprint density at radius 3 is 2.52 bits per heavy atom. The SMILES string of the molecule is CCCc1oc2ccccc2c1C(=O)c1ccc(Cl)cc1. The van der Waals surface area contributed by atoms with Crippen LogP contribution in [0.4, 0.5) is 0 Å². The van der Waals surface area contributed by atoms with Crippen molar-refractivity contribution >= 4 is 28.4 Å². The second-order valence-electron chi connectivity index (χ2n) is 4.98. The minimum absolute atomic E-state index is 0.0138. The van der Waals surface area contributed by atoms with Gasteiger partial charge in [0.15, 0.2) is 5.78 Å². The van der Waals surface area contributed by atoms with E-state index in [1.807, 2.05) is 24.3 Å². The lowest BCUT2D eigenvalue weighted by atomic mass is 9.99. The molecule has 2 aromatic carbocycles. The van der Waals surface area contributed by atoms with E-state index in [9.17, 15) is 4.79 Å². The van der Waals surface area contributed by atoms with Crippen molar-refractivity contribution in [3.63, 3.8) is 0 Å². The number of para-hydroxylation sites is 1. The molecule has 0 aliphatic carbocycles. The molecule has 0 unspecified atom stereocenters. The smallest absolute Gasteiger partial charge is 0.197 e. The van der Waals surface area contributed by atoms with Crippen molar-refractivity contribution in [3.8, 4) is 0 Å². The summed E-state index contributed by atoms with van der Waals surface area (Å²) in [5.41, 5.74) is 2.07. The van der Waals surface area contributed by atoms with Crippen LogP contribution in [-0.4, -0.2) is 5.78 Å². The van der Waals surface area contributed by atoms with Crippen LogP contribution in [0.2, 0.25) is 5.02 Å². The summed E-state index contributed by atoms with van der Waals surface area (Å²) in [5.74, 6) is 0.749. The van der Waals surface area contributed by atoms with Gasteiger partial charge in [-0.1, -0.05) is 36.7 Å². The third-order valence-electron chi connectivity index (χ3n) is 3.48. The standard InChI is InChI=1S/C18H15ClO2/c1-2-5-16-17(14-6-3-4-7-15(14)21-16)18(20)12-8-10-13(19)11-9-12/h3-4,6-11H,2,5H2,1H3. The first-order valence-corrected chi connectivity index (χ1v) is 7.39. The Morgan fingerprint density at radius 1 is 1.10 bits per heavy atom. The highest BCUT2D eigenvalue weighted by Crippen LogP contribution is 2.29. The molecule has 21 heavy (non-hydrogen) atoms. The fourth-order valence-corrected chi connectivity index (χ4v) is 2.62. The number of benzene rings is 2. The summed E-state index contributed by atoms with van der Waals surface area (Å²) in [4.78, 5) is 12.8. The molecular formula is C18H15ClO2. The molecule has 0 amide bonds. The molecule has 0 aliphatic heterocycles. The minimum atomic E-state index is -0.0138. The summed E-state index contributed by atoms with van der Waals surface area (Å²) in [7, 11) is 0. The summed E-state index contributed by atoms with van der Waals surface area (Å²) in [6, 6.07) is 14.6. The van der Waals surface area contributed by atoms with Gasteiger partial charge in [-0.25, -0.2) is 0 Å². The normalized spacial score (nSPS) is 11.0. The van der Waals surface area contributed by atoms with Gasteiger partial charge >= 0.3 is 0 Å². The van der Waals surface area contributed by atoms with E-state index in [1.165, 1.54) is 0 Å². The van der Waals surface area contributed by atoms with Gasteiger partial charge in [-0.05, 0) is 36.8 Å². The molecule has 0 N–H and O–H groups in total. The molecule has 0 saturated heterocycles. The first-order chi connectivity index (χ1) is 10.2. The molecule has 2 nitrogen and oxygen atoms in total. The Labute approximate surface area is 128 Å². The maximum atomic E-state index is 12.8. The molecule has 106 valence electrons. The van der Waals surface area contributed by atoms with Crippen molar-refractivity contribution in [1.29, 1.82) is 0 Å². The van der Waals surface area contributed by atoms with Crippen molar-refractivity contribution in [1.82, 2.24) is 0 Å². The zero-order chi connectivity index (χ0) is 14.8. The van der Waals surface area contributed by atoms with Gasteiger partial charge in [-0.2, -0.15) is 0 Å². The second-order valence-corrected chi connectivity index (χ2v) is 5.42. The highest BCUT2D eigenvalue weighted by molar-refractivity contribution is 6.30. The summed E-state index contributed by atoms with van der Waals surface area (Å²) >= 11 is 5.89. The third-order valence-corrected chi connectivity index (χ3v) is 3.73. The van der Waals surface area contributed by atoms with E-state index in [-0.39, 0.29) is 5.78 Å². The number of ketones is 1. The number of furan rings is 1. The molecule has 0 bridgehead atoms. The van der Waals surface area contributed by atoms with E-state index in [0.717, 1.165) is 29.6 Å². The average Bonchev–Trinajstić information content (AvgIpc) is 2.85. The molecule has 1 heterocycles. The Bertz CT molecular complexity index is 785. The zero-order valence-corrected chi connectivity index (χ0v) is 12.5. The molecule has 3 aromatic rings. The maximum Gasteiger partial charge on any atom is 0.197 e. The first kappa shape index (κ1) is 13.9. The lowest BCUT2D eigenvalue weighted by molar-refractivity contribution is 0.103. The van der Waals surface area contributed by atoms with E-state index in [0.29, 0.717) is 16.1 Å². The molecule has 3 rings (SSSR count). The molecule has 0 saturated carbocycles.